The number of aryl methyl sites for hydroxylation is 1. The van der Waals surface area contributed by atoms with Crippen LogP contribution in [-0.4, -0.2) is 29.9 Å². The van der Waals surface area contributed by atoms with Crippen LogP contribution in [-0.2, 0) is 9.59 Å². The average Bonchev–Trinajstić information content (AvgIpc) is 3.24. The van der Waals surface area contributed by atoms with Crippen molar-refractivity contribution in [2.45, 2.75) is 19.8 Å². The smallest absolute Gasteiger partial charge is 0.265 e. The van der Waals surface area contributed by atoms with Crippen molar-refractivity contribution < 1.29 is 14.3 Å². The molecule has 0 aliphatic carbocycles. The van der Waals surface area contributed by atoms with Gasteiger partial charge in [0.15, 0.2) is 11.7 Å². The number of hydrogen-bond acceptors (Lipinski definition) is 5. The van der Waals surface area contributed by atoms with E-state index < -0.39 is 5.92 Å². The summed E-state index contributed by atoms with van der Waals surface area (Å²) in [6, 6.07) is 25.2. The van der Waals surface area contributed by atoms with Gasteiger partial charge in [-0.3, -0.25) is 9.59 Å². The molecule has 0 atom stereocenters. The predicted molar refractivity (Wildman–Crippen MR) is 139 cm³/mol. The molecule has 2 heterocycles. The van der Waals surface area contributed by atoms with Crippen molar-refractivity contribution in [3.8, 4) is 17.0 Å². The molecule has 2 amide bonds. The minimum absolute atomic E-state index is 0.0517. The SMILES string of the molecule is CCN1C(=O)COc2ccc(-c3nc(NC(=O)C(c4ccccc4)c4ccccc4)sc3C)cc21. The number of ether oxygens (including phenoxy) is 1. The van der Waals surface area contributed by atoms with Crippen molar-refractivity contribution in [3.05, 3.63) is 94.9 Å². The quantitative estimate of drug-likeness (QED) is 0.386. The third-order valence-electron chi connectivity index (χ3n) is 6.05. The van der Waals surface area contributed by atoms with Crippen LogP contribution in [0.1, 0.15) is 28.8 Å². The van der Waals surface area contributed by atoms with Gasteiger partial charge in [-0.25, -0.2) is 4.98 Å². The Morgan fingerprint density at radius 3 is 2.34 bits per heavy atom. The van der Waals surface area contributed by atoms with E-state index in [0.717, 1.165) is 32.9 Å². The second-order valence-corrected chi connectivity index (χ2v) is 9.48. The first-order chi connectivity index (χ1) is 17.0. The molecule has 1 aromatic heterocycles. The predicted octanol–water partition coefficient (Wildman–Crippen LogP) is 5.63. The maximum atomic E-state index is 13.5. The van der Waals surface area contributed by atoms with Crippen LogP contribution >= 0.6 is 11.3 Å². The number of amides is 2. The fourth-order valence-corrected chi connectivity index (χ4v) is 5.22. The van der Waals surface area contributed by atoms with Gasteiger partial charge in [0.05, 0.1) is 17.3 Å². The third kappa shape index (κ3) is 4.55. The van der Waals surface area contributed by atoms with E-state index in [1.165, 1.54) is 11.3 Å². The number of benzene rings is 3. The summed E-state index contributed by atoms with van der Waals surface area (Å²) < 4.78 is 5.59. The number of anilines is 2. The summed E-state index contributed by atoms with van der Waals surface area (Å²) in [5.74, 6) is 0.0394. The largest absolute Gasteiger partial charge is 0.482 e. The lowest BCUT2D eigenvalue weighted by Crippen LogP contribution is -2.38. The van der Waals surface area contributed by atoms with E-state index in [2.05, 4.69) is 5.32 Å². The average molecular weight is 484 g/mol. The molecule has 0 spiro atoms. The summed E-state index contributed by atoms with van der Waals surface area (Å²) in [4.78, 5) is 33.2. The number of carbonyl (C=O) groups is 2. The molecule has 176 valence electrons. The Morgan fingerprint density at radius 1 is 1.06 bits per heavy atom. The first kappa shape index (κ1) is 22.8. The number of thiazole rings is 1. The van der Waals surface area contributed by atoms with Gasteiger partial charge in [0.1, 0.15) is 5.75 Å². The van der Waals surface area contributed by atoms with E-state index in [4.69, 9.17) is 9.72 Å². The summed E-state index contributed by atoms with van der Waals surface area (Å²) >= 11 is 1.43. The molecule has 0 bridgehead atoms. The molecule has 35 heavy (non-hydrogen) atoms. The minimum atomic E-state index is -0.449. The van der Waals surface area contributed by atoms with Crippen LogP contribution in [0.25, 0.3) is 11.3 Å². The Hall–Kier alpha value is -3.97. The van der Waals surface area contributed by atoms with Crippen molar-refractivity contribution in [2.24, 2.45) is 0 Å². The fourth-order valence-electron chi connectivity index (χ4n) is 4.38. The first-order valence-electron chi connectivity index (χ1n) is 11.5. The molecule has 5 rings (SSSR count). The number of likely N-dealkylation sites (N-methyl/N-ethyl adjacent to an activating group) is 1. The lowest BCUT2D eigenvalue weighted by molar-refractivity contribution is -0.121. The molecule has 6 nitrogen and oxygen atoms in total. The standard InChI is InChI=1S/C28H25N3O3S/c1-3-31-22-16-21(14-15-23(22)34-17-24(31)32)26-18(2)35-28(29-26)30-27(33)25(19-10-6-4-7-11-19)20-12-8-5-9-13-20/h4-16,25H,3,17H2,1-2H3,(H,29,30,33). The zero-order chi connectivity index (χ0) is 24.4. The molecule has 0 fully saturated rings. The molecule has 1 N–H and O–H groups in total. The number of hydrogen-bond donors (Lipinski definition) is 1. The van der Waals surface area contributed by atoms with Crippen molar-refractivity contribution in [1.29, 1.82) is 0 Å². The zero-order valence-electron chi connectivity index (χ0n) is 19.5. The molecule has 0 saturated heterocycles. The second kappa shape index (κ2) is 9.72. The molecule has 1 aliphatic rings. The Balaban J connectivity index is 1.44. The topological polar surface area (TPSA) is 71.5 Å². The zero-order valence-corrected chi connectivity index (χ0v) is 20.3. The number of carbonyl (C=O) groups excluding carboxylic acids is 2. The number of aromatic nitrogens is 1. The fraction of sp³-hybridized carbons (Fsp3) is 0.179. The van der Waals surface area contributed by atoms with Crippen LogP contribution < -0.4 is 15.0 Å². The molecule has 4 aromatic rings. The Labute approximate surface area is 208 Å². The highest BCUT2D eigenvalue weighted by Gasteiger charge is 2.26. The van der Waals surface area contributed by atoms with Crippen LogP contribution in [0.2, 0.25) is 0 Å². The van der Waals surface area contributed by atoms with Gasteiger partial charge in [0.2, 0.25) is 5.91 Å². The van der Waals surface area contributed by atoms with E-state index in [9.17, 15) is 9.59 Å². The Kier molecular flexibility index (Phi) is 6.33. The summed E-state index contributed by atoms with van der Waals surface area (Å²) in [7, 11) is 0. The summed E-state index contributed by atoms with van der Waals surface area (Å²) in [6.45, 7) is 4.54. The summed E-state index contributed by atoms with van der Waals surface area (Å²) in [5, 5.41) is 3.58. The van der Waals surface area contributed by atoms with E-state index >= 15 is 0 Å². The van der Waals surface area contributed by atoms with Crippen molar-refractivity contribution in [3.63, 3.8) is 0 Å². The van der Waals surface area contributed by atoms with Crippen LogP contribution in [0, 0.1) is 6.92 Å². The number of fused-ring (bicyclic) bond motifs is 1. The van der Waals surface area contributed by atoms with Gasteiger partial charge in [-0.1, -0.05) is 60.7 Å². The highest BCUT2D eigenvalue weighted by Crippen LogP contribution is 2.38. The molecule has 3 aromatic carbocycles. The van der Waals surface area contributed by atoms with Crippen molar-refractivity contribution in [2.75, 3.05) is 23.4 Å². The summed E-state index contributed by atoms with van der Waals surface area (Å²) in [6.07, 6.45) is 0. The van der Waals surface area contributed by atoms with Crippen molar-refractivity contribution >= 4 is 34.0 Å². The lowest BCUT2D eigenvalue weighted by Gasteiger charge is -2.28. The maximum Gasteiger partial charge on any atom is 0.265 e. The first-order valence-corrected chi connectivity index (χ1v) is 12.3. The lowest BCUT2D eigenvalue weighted by atomic mass is 9.90. The van der Waals surface area contributed by atoms with Crippen LogP contribution in [0.3, 0.4) is 0 Å². The highest BCUT2D eigenvalue weighted by molar-refractivity contribution is 7.16. The number of nitrogens with one attached hydrogen (secondary N) is 1. The van der Waals surface area contributed by atoms with Crippen LogP contribution in [0.5, 0.6) is 5.75 Å². The van der Waals surface area contributed by atoms with Gasteiger partial charge in [-0.2, -0.15) is 0 Å². The Morgan fingerprint density at radius 2 is 1.71 bits per heavy atom. The Bertz CT molecular complexity index is 1330. The van der Waals surface area contributed by atoms with E-state index in [-0.39, 0.29) is 18.4 Å². The molecule has 0 unspecified atom stereocenters. The summed E-state index contributed by atoms with van der Waals surface area (Å²) in [5.41, 5.74) is 4.23. The van der Waals surface area contributed by atoms with Crippen molar-refractivity contribution in [1.82, 2.24) is 4.98 Å². The molecule has 0 radical (unpaired) electrons. The minimum Gasteiger partial charge on any atom is -0.482 e. The molecular formula is C28H25N3O3S. The van der Waals surface area contributed by atoms with Gasteiger partial charge >= 0.3 is 0 Å². The molecule has 1 aliphatic heterocycles. The number of nitrogens with zero attached hydrogens (tertiary/aromatic N) is 2. The van der Waals surface area contributed by atoms with E-state index in [1.807, 2.05) is 92.7 Å². The van der Waals surface area contributed by atoms with Gasteiger partial charge in [-0.05, 0) is 43.2 Å². The van der Waals surface area contributed by atoms with Crippen LogP contribution in [0.4, 0.5) is 10.8 Å². The maximum absolute atomic E-state index is 13.5. The highest BCUT2D eigenvalue weighted by atomic mass is 32.1. The molecule has 7 heteroatoms. The van der Waals surface area contributed by atoms with Gasteiger partial charge in [-0.15, -0.1) is 11.3 Å². The normalized spacial score (nSPS) is 12.9. The third-order valence-corrected chi connectivity index (χ3v) is 6.93. The van der Waals surface area contributed by atoms with Gasteiger partial charge < -0.3 is 15.0 Å². The monoisotopic (exact) mass is 483 g/mol. The van der Waals surface area contributed by atoms with Gasteiger partial charge in [0.25, 0.3) is 5.91 Å². The number of rotatable bonds is 6. The van der Waals surface area contributed by atoms with Crippen LogP contribution in [0.15, 0.2) is 78.9 Å². The van der Waals surface area contributed by atoms with Gasteiger partial charge in [0, 0.05) is 17.0 Å². The van der Waals surface area contributed by atoms with E-state index in [0.29, 0.717) is 17.4 Å². The van der Waals surface area contributed by atoms with E-state index in [1.54, 1.807) is 4.90 Å². The molecular weight excluding hydrogens is 458 g/mol. The second-order valence-electron chi connectivity index (χ2n) is 8.28. The molecule has 0 saturated carbocycles.